The van der Waals surface area contributed by atoms with Crippen molar-refractivity contribution in [2.75, 3.05) is 6.61 Å². The Morgan fingerprint density at radius 1 is 1.38 bits per heavy atom. The van der Waals surface area contributed by atoms with Crippen LogP contribution in [0.5, 0.6) is 5.75 Å². The molecule has 9 heteroatoms. The van der Waals surface area contributed by atoms with Crippen molar-refractivity contribution in [2.45, 2.75) is 26.7 Å². The Hall–Kier alpha value is -2.71. The summed E-state index contributed by atoms with van der Waals surface area (Å²) < 4.78 is 21.6. The second-order valence-electron chi connectivity index (χ2n) is 5.90. The lowest BCUT2D eigenvalue weighted by molar-refractivity contribution is -0.119. The van der Waals surface area contributed by atoms with Crippen LogP contribution in [0.4, 0.5) is 4.39 Å². The van der Waals surface area contributed by atoms with E-state index in [0.29, 0.717) is 17.9 Å². The van der Waals surface area contributed by atoms with Gasteiger partial charge in [-0.1, -0.05) is 13.8 Å². The molecular formula is C15H20FN5O3. The van der Waals surface area contributed by atoms with Crippen LogP contribution in [0.1, 0.15) is 25.8 Å². The lowest BCUT2D eigenvalue weighted by Crippen LogP contribution is -2.24. The summed E-state index contributed by atoms with van der Waals surface area (Å²) in [4.78, 5) is 23.0. The Kier molecular flexibility index (Phi) is 5.32. The van der Waals surface area contributed by atoms with Gasteiger partial charge in [-0.25, -0.2) is 9.18 Å². The second-order valence-corrected chi connectivity index (χ2v) is 5.90. The van der Waals surface area contributed by atoms with Crippen LogP contribution < -0.4 is 16.2 Å². The fourth-order valence-electron chi connectivity index (χ4n) is 2.12. The van der Waals surface area contributed by atoms with Gasteiger partial charge in [-0.15, -0.1) is 0 Å². The van der Waals surface area contributed by atoms with Crippen LogP contribution in [0, 0.1) is 11.7 Å². The third-order valence-corrected chi connectivity index (χ3v) is 3.44. The zero-order valence-electron chi connectivity index (χ0n) is 13.8. The number of halogens is 1. The van der Waals surface area contributed by atoms with Gasteiger partial charge in [0, 0.05) is 13.1 Å². The van der Waals surface area contributed by atoms with E-state index in [9.17, 15) is 14.0 Å². The molecule has 1 aromatic carbocycles. The van der Waals surface area contributed by atoms with Gasteiger partial charge in [0.15, 0.2) is 6.61 Å². The predicted octanol–water partition coefficient (Wildman–Crippen LogP) is 0.558. The number of amides is 1. The van der Waals surface area contributed by atoms with Crippen LogP contribution in [0.2, 0.25) is 0 Å². The zero-order valence-corrected chi connectivity index (χ0v) is 13.8. The smallest absolute Gasteiger partial charge is 0.368 e. The second kappa shape index (κ2) is 7.24. The largest absolute Gasteiger partial charge is 0.481 e. The number of hydrogen-bond acceptors (Lipinski definition) is 5. The standard InChI is InChI=1S/C15H20FN5O3/c1-9(2)4-5-10-6-12(21-15(23)20(3)18-19-21)13(7-11(10)16)24-8-14(17)22/h6-7,9H,4-5,8H2,1-3H3,(H2,17,22). The van der Waals surface area contributed by atoms with Crippen molar-refractivity contribution in [2.24, 2.45) is 18.7 Å². The molecule has 130 valence electrons. The molecule has 2 N–H and O–H groups in total. The molecule has 1 amide bonds. The average molecular weight is 337 g/mol. The van der Waals surface area contributed by atoms with Crippen LogP contribution in [0.3, 0.4) is 0 Å². The highest BCUT2D eigenvalue weighted by molar-refractivity contribution is 5.75. The molecule has 1 aromatic heterocycles. The van der Waals surface area contributed by atoms with Crippen molar-refractivity contribution >= 4 is 5.91 Å². The number of nitrogens with zero attached hydrogens (tertiary/aromatic N) is 4. The average Bonchev–Trinajstić information content (AvgIpc) is 2.83. The first-order chi connectivity index (χ1) is 11.3. The Balaban J connectivity index is 2.49. The van der Waals surface area contributed by atoms with E-state index in [-0.39, 0.29) is 11.4 Å². The van der Waals surface area contributed by atoms with Gasteiger partial charge in [-0.05, 0) is 40.8 Å². The van der Waals surface area contributed by atoms with Crippen LogP contribution in [0.15, 0.2) is 16.9 Å². The van der Waals surface area contributed by atoms with Gasteiger partial charge in [0.25, 0.3) is 5.91 Å². The maximum atomic E-state index is 14.3. The Morgan fingerprint density at radius 2 is 2.08 bits per heavy atom. The number of hydrogen-bond donors (Lipinski definition) is 1. The van der Waals surface area contributed by atoms with Crippen molar-refractivity contribution in [1.29, 1.82) is 0 Å². The van der Waals surface area contributed by atoms with E-state index >= 15 is 0 Å². The van der Waals surface area contributed by atoms with Gasteiger partial charge in [-0.3, -0.25) is 4.79 Å². The molecule has 0 spiro atoms. The maximum absolute atomic E-state index is 14.3. The summed E-state index contributed by atoms with van der Waals surface area (Å²) in [6.07, 6.45) is 1.29. The monoisotopic (exact) mass is 337 g/mol. The fraction of sp³-hybridized carbons (Fsp3) is 0.467. The molecular weight excluding hydrogens is 317 g/mol. The summed E-state index contributed by atoms with van der Waals surface area (Å²) in [5, 5.41) is 7.37. The van der Waals surface area contributed by atoms with E-state index in [2.05, 4.69) is 10.4 Å². The van der Waals surface area contributed by atoms with Gasteiger partial charge < -0.3 is 10.5 Å². The Bertz CT molecular complexity index is 797. The molecule has 0 aliphatic carbocycles. The quantitative estimate of drug-likeness (QED) is 0.795. The molecule has 1 heterocycles. The molecule has 0 radical (unpaired) electrons. The lowest BCUT2D eigenvalue weighted by Gasteiger charge is -2.13. The summed E-state index contributed by atoms with van der Waals surface area (Å²) >= 11 is 0. The summed E-state index contributed by atoms with van der Waals surface area (Å²) in [5.74, 6) is -0.785. The number of carbonyl (C=O) groups excluding carboxylic acids is 1. The highest BCUT2D eigenvalue weighted by Gasteiger charge is 2.17. The molecule has 8 nitrogen and oxygen atoms in total. The number of tetrazole rings is 1. The van der Waals surface area contributed by atoms with Crippen molar-refractivity contribution in [1.82, 2.24) is 19.8 Å². The summed E-state index contributed by atoms with van der Waals surface area (Å²) in [5.41, 5.74) is 5.19. The molecule has 24 heavy (non-hydrogen) atoms. The lowest BCUT2D eigenvalue weighted by atomic mass is 10.0. The van der Waals surface area contributed by atoms with E-state index in [0.717, 1.165) is 21.9 Å². The van der Waals surface area contributed by atoms with Gasteiger partial charge in [0.05, 0.1) is 0 Å². The first-order valence-corrected chi connectivity index (χ1v) is 7.52. The number of aromatic nitrogens is 4. The minimum absolute atomic E-state index is 0.00203. The third-order valence-electron chi connectivity index (χ3n) is 3.44. The topological polar surface area (TPSA) is 105 Å². The highest BCUT2D eigenvalue weighted by atomic mass is 19.1. The number of primary amides is 1. The minimum atomic E-state index is -0.711. The fourth-order valence-corrected chi connectivity index (χ4v) is 2.12. The molecule has 2 rings (SSSR count). The van der Waals surface area contributed by atoms with Gasteiger partial charge in [-0.2, -0.15) is 9.36 Å². The van der Waals surface area contributed by atoms with Crippen LogP contribution in [-0.2, 0) is 18.3 Å². The van der Waals surface area contributed by atoms with Crippen molar-refractivity contribution < 1.29 is 13.9 Å². The predicted molar refractivity (Wildman–Crippen MR) is 84.4 cm³/mol. The molecule has 2 aromatic rings. The minimum Gasteiger partial charge on any atom is -0.481 e. The molecule has 0 saturated carbocycles. The zero-order chi connectivity index (χ0) is 17.9. The van der Waals surface area contributed by atoms with Crippen LogP contribution >= 0.6 is 0 Å². The SMILES string of the molecule is CC(C)CCc1cc(-n2nnn(C)c2=O)c(OCC(N)=O)cc1F. The molecule has 0 saturated heterocycles. The van der Waals surface area contributed by atoms with Crippen molar-refractivity contribution in [3.05, 3.63) is 34.0 Å². The van der Waals surface area contributed by atoms with Gasteiger partial charge in [0.1, 0.15) is 17.3 Å². The van der Waals surface area contributed by atoms with Gasteiger partial charge >= 0.3 is 5.69 Å². The molecule has 0 atom stereocenters. The summed E-state index contributed by atoms with van der Waals surface area (Å²) in [7, 11) is 1.44. The number of aryl methyl sites for hydroxylation is 2. The van der Waals surface area contributed by atoms with E-state index in [1.807, 2.05) is 13.8 Å². The highest BCUT2D eigenvalue weighted by Crippen LogP contribution is 2.26. The maximum Gasteiger partial charge on any atom is 0.368 e. The number of benzene rings is 1. The Labute approximate surface area is 138 Å². The van der Waals surface area contributed by atoms with Gasteiger partial charge in [0.2, 0.25) is 0 Å². The number of nitrogens with two attached hydrogens (primary N) is 1. The van der Waals surface area contributed by atoms with Crippen LogP contribution in [0.25, 0.3) is 5.69 Å². The first-order valence-electron chi connectivity index (χ1n) is 7.52. The number of ether oxygens (including phenoxy) is 1. The summed E-state index contributed by atoms with van der Waals surface area (Å²) in [6.45, 7) is 3.64. The Morgan fingerprint density at radius 3 is 2.62 bits per heavy atom. The van der Waals surface area contributed by atoms with Crippen molar-refractivity contribution in [3.63, 3.8) is 0 Å². The first kappa shape index (κ1) is 17.6. The van der Waals surface area contributed by atoms with E-state index in [4.69, 9.17) is 10.5 Å². The number of rotatable bonds is 7. The van der Waals surface area contributed by atoms with E-state index in [1.165, 1.54) is 13.1 Å². The normalized spacial score (nSPS) is 11.0. The molecule has 0 bridgehead atoms. The molecule has 0 fully saturated rings. The van der Waals surface area contributed by atoms with Crippen LogP contribution in [-0.4, -0.2) is 32.3 Å². The van der Waals surface area contributed by atoms with E-state index in [1.54, 1.807) is 0 Å². The number of carbonyl (C=O) groups is 1. The molecule has 0 aliphatic heterocycles. The third kappa shape index (κ3) is 3.98. The summed E-state index contributed by atoms with van der Waals surface area (Å²) in [6, 6.07) is 2.62. The van der Waals surface area contributed by atoms with E-state index < -0.39 is 24.0 Å². The molecule has 0 aliphatic rings. The molecule has 0 unspecified atom stereocenters. The van der Waals surface area contributed by atoms with Crippen molar-refractivity contribution in [3.8, 4) is 11.4 Å².